The molecule has 0 radical (unpaired) electrons. The quantitative estimate of drug-likeness (QED) is 0.656. The number of hydrogen-bond acceptors (Lipinski definition) is 5. The molecule has 5 nitrogen and oxygen atoms in total. The first-order valence-electron chi connectivity index (χ1n) is 8.06. The summed E-state index contributed by atoms with van der Waals surface area (Å²) in [6, 6.07) is 12.8. The molecule has 1 aromatic heterocycles. The molecule has 25 heavy (non-hydrogen) atoms. The van der Waals surface area contributed by atoms with E-state index in [1.807, 2.05) is 12.1 Å². The number of aryl methyl sites for hydroxylation is 2. The number of aromatic nitrogens is 2. The van der Waals surface area contributed by atoms with E-state index in [9.17, 15) is 4.79 Å². The minimum atomic E-state index is -0.388. The van der Waals surface area contributed by atoms with Crippen LogP contribution in [0.5, 0.6) is 0 Å². The molecule has 126 valence electrons. The zero-order valence-electron chi connectivity index (χ0n) is 13.4. The molecule has 2 aromatic carbocycles. The van der Waals surface area contributed by atoms with Crippen molar-refractivity contribution in [3.63, 3.8) is 0 Å². The lowest BCUT2D eigenvalue weighted by molar-refractivity contribution is 0.0438. The maximum absolute atomic E-state index is 12.2. The molecule has 6 heteroatoms. The fourth-order valence-corrected chi connectivity index (χ4v) is 3.06. The molecule has 0 saturated carbocycles. The highest BCUT2D eigenvalue weighted by atomic mass is 35.5. The largest absolute Gasteiger partial charge is 0.452 e. The summed E-state index contributed by atoms with van der Waals surface area (Å²) in [4.78, 5) is 12.2. The van der Waals surface area contributed by atoms with E-state index in [4.69, 9.17) is 20.8 Å². The zero-order chi connectivity index (χ0) is 17.2. The number of rotatable bonds is 4. The molecule has 1 aliphatic carbocycles. The van der Waals surface area contributed by atoms with Gasteiger partial charge in [-0.3, -0.25) is 0 Å². The average molecular weight is 355 g/mol. The van der Waals surface area contributed by atoms with Gasteiger partial charge in [0.05, 0.1) is 5.56 Å². The number of benzene rings is 2. The Balaban J connectivity index is 1.41. The maximum Gasteiger partial charge on any atom is 0.338 e. The van der Waals surface area contributed by atoms with Gasteiger partial charge in [-0.05, 0) is 66.8 Å². The molecule has 3 aromatic rings. The third kappa shape index (κ3) is 3.42. The van der Waals surface area contributed by atoms with Crippen molar-refractivity contribution >= 4 is 17.6 Å². The zero-order valence-corrected chi connectivity index (χ0v) is 14.1. The van der Waals surface area contributed by atoms with Crippen LogP contribution in [0.25, 0.3) is 11.5 Å². The van der Waals surface area contributed by atoms with E-state index in [1.165, 1.54) is 11.1 Å². The molecular weight excluding hydrogens is 340 g/mol. The van der Waals surface area contributed by atoms with Crippen LogP contribution in [0.3, 0.4) is 0 Å². The van der Waals surface area contributed by atoms with Crippen LogP contribution in [-0.4, -0.2) is 16.2 Å². The Hall–Kier alpha value is -2.66. The Morgan fingerprint density at radius 1 is 1.08 bits per heavy atom. The van der Waals surface area contributed by atoms with Gasteiger partial charge in [-0.25, -0.2) is 4.79 Å². The summed E-state index contributed by atoms with van der Waals surface area (Å²) in [6.45, 7) is -0.0590. The molecule has 0 atom stereocenters. The number of halogens is 1. The van der Waals surface area contributed by atoms with E-state index in [2.05, 4.69) is 10.2 Å². The van der Waals surface area contributed by atoms with E-state index in [0.717, 1.165) is 24.8 Å². The van der Waals surface area contributed by atoms with Gasteiger partial charge >= 0.3 is 5.97 Å². The highest BCUT2D eigenvalue weighted by molar-refractivity contribution is 6.30. The molecule has 0 unspecified atom stereocenters. The second-order valence-corrected chi connectivity index (χ2v) is 6.36. The number of fused-ring (bicyclic) bond motifs is 1. The SMILES string of the molecule is O=C(OCc1nnc(-c2ccc(Cl)cc2)o1)c1ccc2c(c1)CCC2. The Labute approximate surface area is 149 Å². The van der Waals surface area contributed by atoms with Gasteiger partial charge in [0, 0.05) is 10.6 Å². The number of nitrogens with zero attached hydrogens (tertiary/aromatic N) is 2. The minimum absolute atomic E-state index is 0.0590. The van der Waals surface area contributed by atoms with E-state index < -0.39 is 0 Å². The molecular formula is C19H15ClN2O3. The van der Waals surface area contributed by atoms with Crippen LogP contribution in [-0.2, 0) is 24.2 Å². The van der Waals surface area contributed by atoms with Gasteiger partial charge in [0.25, 0.3) is 5.89 Å². The molecule has 0 saturated heterocycles. The lowest BCUT2D eigenvalue weighted by Gasteiger charge is -2.04. The molecule has 1 aliphatic rings. The molecule has 0 amide bonds. The van der Waals surface area contributed by atoms with Crippen molar-refractivity contribution in [2.45, 2.75) is 25.9 Å². The first-order valence-corrected chi connectivity index (χ1v) is 8.44. The molecule has 0 bridgehead atoms. The molecule has 1 heterocycles. The highest BCUT2D eigenvalue weighted by Gasteiger charge is 2.16. The van der Waals surface area contributed by atoms with E-state index in [1.54, 1.807) is 30.3 Å². The van der Waals surface area contributed by atoms with Crippen molar-refractivity contribution in [2.75, 3.05) is 0 Å². The summed E-state index contributed by atoms with van der Waals surface area (Å²) in [5.74, 6) is 0.223. The summed E-state index contributed by atoms with van der Waals surface area (Å²) >= 11 is 5.86. The summed E-state index contributed by atoms with van der Waals surface area (Å²) < 4.78 is 10.8. The van der Waals surface area contributed by atoms with E-state index >= 15 is 0 Å². The van der Waals surface area contributed by atoms with Crippen molar-refractivity contribution in [3.8, 4) is 11.5 Å². The molecule has 0 aliphatic heterocycles. The van der Waals surface area contributed by atoms with Crippen molar-refractivity contribution in [1.82, 2.24) is 10.2 Å². The standard InChI is InChI=1S/C19H15ClN2O3/c20-16-8-6-13(7-9-16)18-22-21-17(25-18)11-24-19(23)15-5-4-12-2-1-3-14(12)10-15/h4-10H,1-3,11H2. The maximum atomic E-state index is 12.2. The van der Waals surface area contributed by atoms with Gasteiger partial charge in [0.2, 0.25) is 5.89 Å². The van der Waals surface area contributed by atoms with Gasteiger partial charge in [0.1, 0.15) is 0 Å². The highest BCUT2D eigenvalue weighted by Crippen LogP contribution is 2.24. The topological polar surface area (TPSA) is 65.2 Å². The summed E-state index contributed by atoms with van der Waals surface area (Å²) in [7, 11) is 0. The number of esters is 1. The number of hydrogen-bond donors (Lipinski definition) is 0. The Kier molecular flexibility index (Phi) is 4.24. The fourth-order valence-electron chi connectivity index (χ4n) is 2.93. The second-order valence-electron chi connectivity index (χ2n) is 5.92. The third-order valence-electron chi connectivity index (χ3n) is 4.22. The predicted molar refractivity (Wildman–Crippen MR) is 92.3 cm³/mol. The van der Waals surface area contributed by atoms with Gasteiger partial charge in [-0.1, -0.05) is 17.7 Å². The average Bonchev–Trinajstić information content (AvgIpc) is 3.29. The third-order valence-corrected chi connectivity index (χ3v) is 4.47. The van der Waals surface area contributed by atoms with E-state index in [0.29, 0.717) is 16.5 Å². The van der Waals surface area contributed by atoms with Crippen molar-refractivity contribution in [2.24, 2.45) is 0 Å². The van der Waals surface area contributed by atoms with Crippen molar-refractivity contribution < 1.29 is 13.9 Å². The lowest BCUT2D eigenvalue weighted by Crippen LogP contribution is -2.06. The molecule has 0 fully saturated rings. The first kappa shape index (κ1) is 15.8. The van der Waals surface area contributed by atoms with Gasteiger partial charge in [-0.15, -0.1) is 10.2 Å². The van der Waals surface area contributed by atoms with Crippen LogP contribution in [0.1, 0.15) is 33.8 Å². The van der Waals surface area contributed by atoms with Gasteiger partial charge in [0.15, 0.2) is 6.61 Å². The van der Waals surface area contributed by atoms with Crippen molar-refractivity contribution in [1.29, 1.82) is 0 Å². The van der Waals surface area contributed by atoms with Crippen LogP contribution < -0.4 is 0 Å². The van der Waals surface area contributed by atoms with Crippen LogP contribution in [0, 0.1) is 0 Å². The smallest absolute Gasteiger partial charge is 0.338 e. The monoisotopic (exact) mass is 354 g/mol. The Morgan fingerprint density at radius 3 is 2.72 bits per heavy atom. The van der Waals surface area contributed by atoms with Crippen LogP contribution in [0.2, 0.25) is 5.02 Å². The van der Waals surface area contributed by atoms with Crippen LogP contribution in [0.4, 0.5) is 0 Å². The molecule has 0 spiro atoms. The number of ether oxygens (including phenoxy) is 1. The van der Waals surface area contributed by atoms with Crippen LogP contribution >= 0.6 is 11.6 Å². The molecule has 0 N–H and O–H groups in total. The minimum Gasteiger partial charge on any atom is -0.452 e. The second kappa shape index (κ2) is 6.69. The first-order chi connectivity index (χ1) is 12.2. The summed E-state index contributed by atoms with van der Waals surface area (Å²) in [6.07, 6.45) is 3.24. The number of carbonyl (C=O) groups excluding carboxylic acids is 1. The van der Waals surface area contributed by atoms with Crippen molar-refractivity contribution in [3.05, 3.63) is 70.1 Å². The van der Waals surface area contributed by atoms with Crippen LogP contribution in [0.15, 0.2) is 46.9 Å². The fraction of sp³-hybridized carbons (Fsp3) is 0.211. The van der Waals surface area contributed by atoms with Gasteiger partial charge < -0.3 is 9.15 Å². The number of carbonyl (C=O) groups is 1. The summed E-state index contributed by atoms with van der Waals surface area (Å²) in [5.41, 5.74) is 3.87. The molecule has 4 rings (SSSR count). The predicted octanol–water partition coefficient (Wildman–Crippen LogP) is 4.24. The van der Waals surface area contributed by atoms with E-state index in [-0.39, 0.29) is 18.5 Å². The normalized spacial score (nSPS) is 12.8. The van der Waals surface area contributed by atoms with Gasteiger partial charge in [-0.2, -0.15) is 0 Å². The lowest BCUT2D eigenvalue weighted by atomic mass is 10.1. The summed E-state index contributed by atoms with van der Waals surface area (Å²) in [5, 5.41) is 8.51. The Morgan fingerprint density at radius 2 is 1.88 bits per heavy atom. The Bertz CT molecular complexity index is 919.